The number of aryl methyl sites for hydroxylation is 1. The van der Waals surface area contributed by atoms with Crippen molar-refractivity contribution in [2.45, 2.75) is 39.3 Å². The summed E-state index contributed by atoms with van der Waals surface area (Å²) < 4.78 is 11.0. The number of nitrogens with zero attached hydrogens (tertiary/aromatic N) is 1. The average Bonchev–Trinajstić information content (AvgIpc) is 2.96. The van der Waals surface area contributed by atoms with Crippen LogP contribution in [0.5, 0.6) is 5.75 Å². The first-order chi connectivity index (χ1) is 9.78. The minimum atomic E-state index is 0.225. The Balaban J connectivity index is 2.05. The SMILES string of the molecule is CCc1cnc(CNC(CC)c2ccccc2OC)o1. The van der Waals surface area contributed by atoms with E-state index in [1.165, 1.54) is 5.56 Å². The number of rotatable bonds is 7. The summed E-state index contributed by atoms with van der Waals surface area (Å²) in [5, 5.41) is 3.48. The maximum atomic E-state index is 5.62. The molecule has 0 aliphatic rings. The van der Waals surface area contributed by atoms with Crippen molar-refractivity contribution in [3.63, 3.8) is 0 Å². The molecule has 0 aliphatic carbocycles. The Bertz CT molecular complexity index is 537. The van der Waals surface area contributed by atoms with Crippen LogP contribution in [0.1, 0.15) is 43.5 Å². The van der Waals surface area contributed by atoms with Crippen LogP contribution in [0.15, 0.2) is 34.9 Å². The lowest BCUT2D eigenvalue weighted by atomic mass is 10.0. The molecule has 2 aromatic rings. The summed E-state index contributed by atoms with van der Waals surface area (Å²) in [6.07, 6.45) is 3.64. The van der Waals surface area contributed by atoms with E-state index in [1.54, 1.807) is 13.3 Å². The van der Waals surface area contributed by atoms with Gasteiger partial charge in [-0.05, 0) is 12.5 Å². The second-order valence-electron chi connectivity index (χ2n) is 4.66. The molecule has 1 heterocycles. The van der Waals surface area contributed by atoms with Crippen molar-refractivity contribution in [1.82, 2.24) is 10.3 Å². The minimum absolute atomic E-state index is 0.225. The molecule has 1 atom stereocenters. The average molecular weight is 274 g/mol. The van der Waals surface area contributed by atoms with Gasteiger partial charge in [0.15, 0.2) is 0 Å². The largest absolute Gasteiger partial charge is 0.496 e. The smallest absolute Gasteiger partial charge is 0.208 e. The normalized spacial score (nSPS) is 12.3. The van der Waals surface area contributed by atoms with Crippen molar-refractivity contribution in [2.24, 2.45) is 0 Å². The molecule has 0 radical (unpaired) electrons. The summed E-state index contributed by atoms with van der Waals surface area (Å²) >= 11 is 0. The van der Waals surface area contributed by atoms with E-state index in [9.17, 15) is 0 Å². The van der Waals surface area contributed by atoms with Gasteiger partial charge in [0.2, 0.25) is 5.89 Å². The van der Waals surface area contributed by atoms with Gasteiger partial charge in [0, 0.05) is 18.0 Å². The van der Waals surface area contributed by atoms with E-state index in [1.807, 2.05) is 18.2 Å². The Kier molecular flexibility index (Phi) is 5.18. The van der Waals surface area contributed by atoms with Crippen LogP contribution >= 0.6 is 0 Å². The first-order valence-corrected chi connectivity index (χ1v) is 7.08. The summed E-state index contributed by atoms with van der Waals surface area (Å²) in [5.74, 6) is 2.57. The highest BCUT2D eigenvalue weighted by Gasteiger charge is 2.14. The lowest BCUT2D eigenvalue weighted by molar-refractivity contribution is 0.384. The van der Waals surface area contributed by atoms with Gasteiger partial charge in [-0.1, -0.05) is 32.0 Å². The molecule has 1 unspecified atom stereocenters. The molecule has 0 bridgehead atoms. The summed E-state index contributed by atoms with van der Waals surface area (Å²) in [6, 6.07) is 8.31. The zero-order valence-electron chi connectivity index (χ0n) is 12.3. The third-order valence-corrected chi connectivity index (χ3v) is 3.37. The van der Waals surface area contributed by atoms with Gasteiger partial charge in [0.1, 0.15) is 11.5 Å². The summed E-state index contributed by atoms with van der Waals surface area (Å²) in [7, 11) is 1.70. The van der Waals surface area contributed by atoms with E-state index in [0.717, 1.165) is 30.2 Å². The van der Waals surface area contributed by atoms with Crippen molar-refractivity contribution in [2.75, 3.05) is 7.11 Å². The molecule has 0 saturated heterocycles. The molecule has 0 amide bonds. The molecule has 4 nitrogen and oxygen atoms in total. The van der Waals surface area contributed by atoms with Crippen LogP contribution in [0.2, 0.25) is 0 Å². The van der Waals surface area contributed by atoms with Gasteiger partial charge in [0.05, 0.1) is 19.9 Å². The molecule has 20 heavy (non-hydrogen) atoms. The standard InChI is InChI=1S/C16H22N2O2/c1-4-12-10-18-16(20-12)11-17-14(5-2)13-8-6-7-9-15(13)19-3/h6-10,14,17H,4-5,11H2,1-3H3. The Morgan fingerprint density at radius 1 is 1.30 bits per heavy atom. The Labute approximate surface area is 120 Å². The predicted molar refractivity (Wildman–Crippen MR) is 78.7 cm³/mol. The number of benzene rings is 1. The fourth-order valence-corrected chi connectivity index (χ4v) is 2.23. The molecule has 0 fully saturated rings. The highest BCUT2D eigenvalue weighted by molar-refractivity contribution is 5.35. The predicted octanol–water partition coefficient (Wildman–Crippen LogP) is 3.49. The van der Waals surface area contributed by atoms with Gasteiger partial charge in [0.25, 0.3) is 0 Å². The zero-order chi connectivity index (χ0) is 14.4. The molecule has 0 saturated carbocycles. The molecule has 0 spiro atoms. The maximum absolute atomic E-state index is 5.62. The molecule has 0 aliphatic heterocycles. The van der Waals surface area contributed by atoms with Crippen LogP contribution < -0.4 is 10.1 Å². The van der Waals surface area contributed by atoms with Crippen LogP contribution in [0.25, 0.3) is 0 Å². The highest BCUT2D eigenvalue weighted by atomic mass is 16.5. The van der Waals surface area contributed by atoms with Crippen molar-refractivity contribution >= 4 is 0 Å². The van der Waals surface area contributed by atoms with Crippen molar-refractivity contribution in [3.05, 3.63) is 47.7 Å². The van der Waals surface area contributed by atoms with E-state index in [0.29, 0.717) is 6.54 Å². The molecular formula is C16H22N2O2. The first kappa shape index (κ1) is 14.6. The molecule has 108 valence electrons. The highest BCUT2D eigenvalue weighted by Crippen LogP contribution is 2.27. The minimum Gasteiger partial charge on any atom is -0.496 e. The van der Waals surface area contributed by atoms with Gasteiger partial charge >= 0.3 is 0 Å². The topological polar surface area (TPSA) is 47.3 Å². The lowest BCUT2D eigenvalue weighted by Gasteiger charge is -2.19. The third kappa shape index (κ3) is 3.39. The van der Waals surface area contributed by atoms with Crippen molar-refractivity contribution < 1.29 is 9.15 Å². The molecule has 1 aromatic carbocycles. The second kappa shape index (κ2) is 7.10. The third-order valence-electron chi connectivity index (χ3n) is 3.37. The fourth-order valence-electron chi connectivity index (χ4n) is 2.23. The first-order valence-electron chi connectivity index (χ1n) is 7.08. The Morgan fingerprint density at radius 3 is 2.75 bits per heavy atom. The summed E-state index contributed by atoms with van der Waals surface area (Å²) in [4.78, 5) is 4.27. The number of aromatic nitrogens is 1. The number of oxazole rings is 1. The molecule has 4 heteroatoms. The zero-order valence-corrected chi connectivity index (χ0v) is 12.3. The Morgan fingerprint density at radius 2 is 2.10 bits per heavy atom. The van der Waals surface area contributed by atoms with Crippen LogP contribution in [0, 0.1) is 0 Å². The van der Waals surface area contributed by atoms with Gasteiger partial charge < -0.3 is 14.5 Å². The maximum Gasteiger partial charge on any atom is 0.208 e. The van der Waals surface area contributed by atoms with Gasteiger partial charge in [-0.15, -0.1) is 0 Å². The van der Waals surface area contributed by atoms with Gasteiger partial charge in [-0.3, -0.25) is 0 Å². The number of para-hydroxylation sites is 1. The van der Waals surface area contributed by atoms with Crippen LogP contribution in [0.4, 0.5) is 0 Å². The number of methoxy groups -OCH3 is 1. The van der Waals surface area contributed by atoms with E-state index in [2.05, 4.69) is 30.2 Å². The van der Waals surface area contributed by atoms with E-state index >= 15 is 0 Å². The number of hydrogen-bond donors (Lipinski definition) is 1. The molecular weight excluding hydrogens is 252 g/mol. The number of nitrogens with one attached hydrogen (secondary N) is 1. The van der Waals surface area contributed by atoms with E-state index < -0.39 is 0 Å². The number of ether oxygens (including phenoxy) is 1. The van der Waals surface area contributed by atoms with Gasteiger partial charge in [-0.2, -0.15) is 0 Å². The fraction of sp³-hybridized carbons (Fsp3) is 0.438. The van der Waals surface area contributed by atoms with E-state index in [4.69, 9.17) is 9.15 Å². The summed E-state index contributed by atoms with van der Waals surface area (Å²) in [6.45, 7) is 4.83. The molecule has 1 N–H and O–H groups in total. The van der Waals surface area contributed by atoms with Crippen LogP contribution in [-0.4, -0.2) is 12.1 Å². The van der Waals surface area contributed by atoms with Crippen molar-refractivity contribution in [3.8, 4) is 5.75 Å². The summed E-state index contributed by atoms with van der Waals surface area (Å²) in [5.41, 5.74) is 1.17. The Hall–Kier alpha value is -1.81. The van der Waals surface area contributed by atoms with Crippen LogP contribution in [0.3, 0.4) is 0 Å². The van der Waals surface area contributed by atoms with Crippen LogP contribution in [-0.2, 0) is 13.0 Å². The van der Waals surface area contributed by atoms with Gasteiger partial charge in [-0.25, -0.2) is 4.98 Å². The molecule has 1 aromatic heterocycles. The van der Waals surface area contributed by atoms with E-state index in [-0.39, 0.29) is 6.04 Å². The quantitative estimate of drug-likeness (QED) is 0.839. The molecule has 2 rings (SSSR count). The van der Waals surface area contributed by atoms with Crippen molar-refractivity contribution in [1.29, 1.82) is 0 Å². The number of hydrogen-bond acceptors (Lipinski definition) is 4. The monoisotopic (exact) mass is 274 g/mol. The second-order valence-corrected chi connectivity index (χ2v) is 4.66. The lowest BCUT2D eigenvalue weighted by Crippen LogP contribution is -2.21.